The number of phenolic OH excluding ortho intramolecular Hbond substituents is 1. The van der Waals surface area contributed by atoms with Crippen LogP contribution in [0.4, 0.5) is 10.1 Å². The van der Waals surface area contributed by atoms with Crippen molar-refractivity contribution >= 4 is 27.5 Å². The van der Waals surface area contributed by atoms with Crippen molar-refractivity contribution in [3.63, 3.8) is 0 Å². The molecule has 0 aliphatic carbocycles. The highest BCUT2D eigenvalue weighted by atomic mass is 32.2. The molecule has 2 aromatic carbocycles. The van der Waals surface area contributed by atoms with Crippen LogP contribution < -0.4 is 10.6 Å². The molecular formula is C20H22FN3O5S. The van der Waals surface area contributed by atoms with Gasteiger partial charge in [-0.1, -0.05) is 12.1 Å². The summed E-state index contributed by atoms with van der Waals surface area (Å²) >= 11 is 0. The van der Waals surface area contributed by atoms with Crippen LogP contribution in [-0.2, 0) is 26.0 Å². The van der Waals surface area contributed by atoms with E-state index < -0.39 is 34.2 Å². The van der Waals surface area contributed by atoms with Gasteiger partial charge in [0.15, 0.2) is 0 Å². The quantitative estimate of drug-likeness (QED) is 0.572. The maximum atomic E-state index is 13.2. The van der Waals surface area contributed by atoms with Gasteiger partial charge in [0.05, 0.1) is 23.5 Å². The minimum absolute atomic E-state index is 0.0346. The molecule has 8 nitrogen and oxygen atoms in total. The Kier molecular flexibility index (Phi) is 6.68. The van der Waals surface area contributed by atoms with Crippen LogP contribution in [0, 0.1) is 5.82 Å². The molecule has 0 spiro atoms. The Morgan fingerprint density at radius 3 is 2.50 bits per heavy atom. The molecule has 160 valence electrons. The average Bonchev–Trinajstić information content (AvgIpc) is 3.24. The highest BCUT2D eigenvalue weighted by Crippen LogP contribution is 2.29. The van der Waals surface area contributed by atoms with Crippen LogP contribution in [0.2, 0.25) is 0 Å². The van der Waals surface area contributed by atoms with Crippen LogP contribution in [0.25, 0.3) is 0 Å². The van der Waals surface area contributed by atoms with Gasteiger partial charge in [0.25, 0.3) is 0 Å². The van der Waals surface area contributed by atoms with Crippen LogP contribution >= 0.6 is 0 Å². The number of carbonyl (C=O) groups excluding carboxylic acids is 2. The van der Waals surface area contributed by atoms with Crippen molar-refractivity contribution in [2.24, 2.45) is 0 Å². The van der Waals surface area contributed by atoms with E-state index in [1.807, 2.05) is 0 Å². The van der Waals surface area contributed by atoms with Crippen LogP contribution in [0.3, 0.4) is 0 Å². The largest absolute Gasteiger partial charge is 0.506 e. The van der Waals surface area contributed by atoms with Gasteiger partial charge in [-0.15, -0.1) is 0 Å². The first kappa shape index (κ1) is 21.7. The summed E-state index contributed by atoms with van der Waals surface area (Å²) in [7, 11) is -3.71. The Balaban J connectivity index is 1.60. The first-order chi connectivity index (χ1) is 14.3. The van der Waals surface area contributed by atoms with Crippen molar-refractivity contribution in [3.8, 4) is 5.75 Å². The predicted octanol–water partition coefficient (Wildman–Crippen LogP) is 1.61. The summed E-state index contributed by atoms with van der Waals surface area (Å²) in [6, 6.07) is 9.23. The van der Waals surface area contributed by atoms with Crippen molar-refractivity contribution in [1.29, 1.82) is 0 Å². The molecule has 0 saturated carbocycles. The lowest BCUT2D eigenvalue weighted by Gasteiger charge is -2.16. The Hall–Kier alpha value is -2.98. The third-order valence-corrected chi connectivity index (χ3v) is 6.54. The maximum absolute atomic E-state index is 13.2. The van der Waals surface area contributed by atoms with Gasteiger partial charge in [-0.25, -0.2) is 12.8 Å². The molecule has 30 heavy (non-hydrogen) atoms. The number of carbonyl (C=O) groups is 2. The second-order valence-corrected chi connectivity index (χ2v) is 8.86. The molecule has 0 aromatic heterocycles. The number of nitrogens with zero attached hydrogens (tertiary/aromatic N) is 1. The number of sulfonamides is 1. The van der Waals surface area contributed by atoms with Crippen molar-refractivity contribution in [2.45, 2.75) is 24.2 Å². The van der Waals surface area contributed by atoms with Crippen molar-refractivity contribution in [2.75, 3.05) is 25.0 Å². The number of nitrogens with one attached hydrogen (secondary N) is 2. The van der Waals surface area contributed by atoms with Gasteiger partial charge in [0.2, 0.25) is 21.8 Å². The topological polar surface area (TPSA) is 116 Å². The summed E-state index contributed by atoms with van der Waals surface area (Å²) in [5.74, 6) is -1.88. The number of benzene rings is 2. The van der Waals surface area contributed by atoms with Crippen LogP contribution in [-0.4, -0.2) is 49.3 Å². The van der Waals surface area contributed by atoms with Crippen LogP contribution in [0.5, 0.6) is 5.75 Å². The molecule has 3 rings (SSSR count). The second kappa shape index (κ2) is 9.23. The minimum atomic E-state index is -3.71. The monoisotopic (exact) mass is 435 g/mol. The van der Waals surface area contributed by atoms with Gasteiger partial charge in [-0.2, -0.15) is 4.31 Å². The maximum Gasteiger partial charge on any atom is 0.243 e. The molecule has 1 aliphatic heterocycles. The fourth-order valence-corrected chi connectivity index (χ4v) is 4.67. The van der Waals surface area contributed by atoms with E-state index in [0.29, 0.717) is 18.7 Å². The number of hydrogen-bond acceptors (Lipinski definition) is 5. The fourth-order valence-electron chi connectivity index (χ4n) is 3.12. The first-order valence-corrected chi connectivity index (χ1v) is 10.8. The van der Waals surface area contributed by atoms with Gasteiger partial charge < -0.3 is 15.7 Å². The van der Waals surface area contributed by atoms with Gasteiger partial charge in [0.1, 0.15) is 11.6 Å². The third kappa shape index (κ3) is 5.33. The molecule has 0 unspecified atom stereocenters. The molecule has 10 heteroatoms. The summed E-state index contributed by atoms with van der Waals surface area (Å²) in [4.78, 5) is 24.0. The summed E-state index contributed by atoms with van der Waals surface area (Å²) < 4.78 is 39.8. The number of rotatable bonds is 7. The minimum Gasteiger partial charge on any atom is -0.506 e. The Bertz CT molecular complexity index is 1050. The van der Waals surface area contributed by atoms with E-state index in [2.05, 4.69) is 10.6 Å². The number of phenols is 1. The van der Waals surface area contributed by atoms with Crippen LogP contribution in [0.15, 0.2) is 47.4 Å². The first-order valence-electron chi connectivity index (χ1n) is 9.40. The van der Waals surface area contributed by atoms with E-state index in [4.69, 9.17) is 0 Å². The number of hydrogen-bond donors (Lipinski definition) is 3. The van der Waals surface area contributed by atoms with E-state index in [-0.39, 0.29) is 22.8 Å². The Morgan fingerprint density at radius 2 is 1.80 bits per heavy atom. The summed E-state index contributed by atoms with van der Waals surface area (Å²) in [6.45, 7) is 0.473. The molecule has 1 heterocycles. The average molecular weight is 435 g/mol. The molecule has 2 amide bonds. The molecule has 0 bridgehead atoms. The highest BCUT2D eigenvalue weighted by Gasteiger charge is 2.27. The smallest absolute Gasteiger partial charge is 0.243 e. The zero-order valence-corrected chi connectivity index (χ0v) is 16.9. The molecule has 3 N–H and O–H groups in total. The molecular weight excluding hydrogens is 413 g/mol. The summed E-state index contributed by atoms with van der Waals surface area (Å²) in [6.07, 6.45) is 1.48. The number of aromatic hydroxyl groups is 1. The van der Waals surface area contributed by atoms with Gasteiger partial charge in [0, 0.05) is 13.1 Å². The molecule has 1 saturated heterocycles. The normalized spacial score (nSPS) is 14.4. The van der Waals surface area contributed by atoms with E-state index in [0.717, 1.165) is 12.8 Å². The van der Waals surface area contributed by atoms with Gasteiger partial charge in [-0.3, -0.25) is 9.59 Å². The van der Waals surface area contributed by atoms with E-state index in [1.54, 1.807) is 6.07 Å². The lowest BCUT2D eigenvalue weighted by molar-refractivity contribution is -0.123. The third-order valence-electron chi connectivity index (χ3n) is 4.64. The highest BCUT2D eigenvalue weighted by molar-refractivity contribution is 7.89. The zero-order valence-electron chi connectivity index (χ0n) is 16.1. The predicted molar refractivity (Wildman–Crippen MR) is 108 cm³/mol. The number of amides is 2. The number of halogens is 1. The van der Waals surface area contributed by atoms with Crippen molar-refractivity contribution < 1.29 is 27.5 Å². The van der Waals surface area contributed by atoms with Crippen molar-refractivity contribution in [1.82, 2.24) is 9.62 Å². The molecule has 2 aromatic rings. The van der Waals surface area contributed by atoms with Gasteiger partial charge >= 0.3 is 0 Å². The van der Waals surface area contributed by atoms with E-state index >= 15 is 0 Å². The van der Waals surface area contributed by atoms with Crippen LogP contribution in [0.1, 0.15) is 18.4 Å². The van der Waals surface area contributed by atoms with E-state index in [1.165, 1.54) is 40.7 Å². The molecule has 0 atom stereocenters. The lowest BCUT2D eigenvalue weighted by atomic mass is 10.1. The molecule has 1 aliphatic rings. The molecule has 1 fully saturated rings. The van der Waals surface area contributed by atoms with Crippen molar-refractivity contribution in [3.05, 3.63) is 53.8 Å². The second-order valence-electron chi connectivity index (χ2n) is 6.92. The van der Waals surface area contributed by atoms with E-state index in [9.17, 15) is 27.5 Å². The Labute approximate surface area is 173 Å². The SMILES string of the molecule is O=C(Cc1cccc(F)c1)NCC(=O)Nc1cc(S(=O)(=O)N2CCCC2)ccc1O. The fraction of sp³-hybridized carbons (Fsp3) is 0.300. The van der Waals surface area contributed by atoms with Gasteiger partial charge in [-0.05, 0) is 48.7 Å². The summed E-state index contributed by atoms with van der Waals surface area (Å²) in [5, 5.41) is 14.8. The number of anilines is 1. The molecule has 0 radical (unpaired) electrons. The zero-order chi connectivity index (χ0) is 21.7. The lowest BCUT2D eigenvalue weighted by Crippen LogP contribution is -2.34. The Morgan fingerprint density at radius 1 is 1.07 bits per heavy atom. The summed E-state index contributed by atoms with van der Waals surface area (Å²) in [5.41, 5.74) is 0.394. The standard InChI is InChI=1S/C20H22FN3O5S/c21-15-5-3-4-14(10-15)11-19(26)22-13-20(27)23-17-12-16(6-7-18(17)25)30(28,29)24-8-1-2-9-24/h3-7,10,12,25H,1-2,8-9,11,13H2,(H,22,26)(H,23,27).